The molecule has 0 unspecified atom stereocenters. The van der Waals surface area contributed by atoms with Gasteiger partial charge in [0.2, 0.25) is 0 Å². The summed E-state index contributed by atoms with van der Waals surface area (Å²) in [6, 6.07) is 25.0. The number of fused-ring (bicyclic) bond motifs is 1. The summed E-state index contributed by atoms with van der Waals surface area (Å²) in [6.07, 6.45) is -3.21. The van der Waals surface area contributed by atoms with Crippen molar-refractivity contribution in [3.63, 3.8) is 0 Å². The average Bonchev–Trinajstić information content (AvgIpc) is 2.97. The zero-order chi connectivity index (χ0) is 29.6. The van der Waals surface area contributed by atoms with E-state index in [0.717, 1.165) is 17.7 Å². The molecule has 6 nitrogen and oxygen atoms in total. The average molecular weight is 577 g/mol. The molecule has 0 saturated carbocycles. The maximum absolute atomic E-state index is 12.9. The van der Waals surface area contributed by atoms with Crippen LogP contribution in [-0.2, 0) is 12.7 Å². The molecule has 0 bridgehead atoms. The first-order valence-electron chi connectivity index (χ1n) is 12.2. The molecule has 4 aromatic carbocycles. The van der Waals surface area contributed by atoms with Gasteiger partial charge in [-0.3, -0.25) is 9.78 Å². The van der Waals surface area contributed by atoms with Gasteiger partial charge < -0.3 is 16.2 Å². The highest BCUT2D eigenvalue weighted by Crippen LogP contribution is 2.32. The normalized spacial score (nSPS) is 11.0. The minimum absolute atomic E-state index is 0.0553. The number of halogens is 4. The standard InChI is InChI=1S/C24H15F3N2O3.C7H7ClN/c25-24(26,27)17-8-5-14(6-9-17)19-3-1-2-4-20(19)22(30)29-18-10-7-15-11-16(23(31)32)13-28-21(15)12-18;8-7-4-2-1-3-6(7)5-9/h1-13H,(H,29,30)(H,31,32);1-4,9H,5H2/q;-1. The summed E-state index contributed by atoms with van der Waals surface area (Å²) in [5, 5.41) is 13.1. The van der Waals surface area contributed by atoms with Gasteiger partial charge >= 0.3 is 12.1 Å². The van der Waals surface area contributed by atoms with Gasteiger partial charge in [0.25, 0.3) is 5.91 Å². The molecule has 0 saturated heterocycles. The Morgan fingerprint density at radius 2 is 1.59 bits per heavy atom. The number of carbonyl (C=O) groups is 2. The van der Waals surface area contributed by atoms with Crippen molar-refractivity contribution in [2.24, 2.45) is 0 Å². The number of hydrogen-bond acceptors (Lipinski definition) is 3. The van der Waals surface area contributed by atoms with Gasteiger partial charge in [-0.25, -0.2) is 4.79 Å². The zero-order valence-electron chi connectivity index (χ0n) is 21.2. The molecule has 0 aliphatic rings. The Morgan fingerprint density at radius 1 is 0.902 bits per heavy atom. The summed E-state index contributed by atoms with van der Waals surface area (Å²) < 4.78 is 38.5. The Hall–Kier alpha value is -4.73. The molecule has 5 aromatic rings. The molecule has 1 amide bonds. The molecule has 0 fully saturated rings. The van der Waals surface area contributed by atoms with Crippen LogP contribution in [0.4, 0.5) is 18.9 Å². The van der Waals surface area contributed by atoms with Crippen molar-refractivity contribution in [2.75, 3.05) is 5.32 Å². The molecule has 41 heavy (non-hydrogen) atoms. The van der Waals surface area contributed by atoms with Gasteiger partial charge in [0, 0.05) is 27.9 Å². The molecule has 1 aromatic heterocycles. The summed E-state index contributed by atoms with van der Waals surface area (Å²) in [7, 11) is 0. The molecular weight excluding hydrogens is 555 g/mol. The first kappa shape index (κ1) is 29.3. The topological polar surface area (TPSA) is 103 Å². The van der Waals surface area contributed by atoms with Crippen LogP contribution in [0.3, 0.4) is 0 Å². The number of amides is 1. The number of carboxylic acid groups (broad SMARTS) is 1. The van der Waals surface area contributed by atoms with E-state index in [0.29, 0.717) is 38.3 Å². The quantitative estimate of drug-likeness (QED) is 0.218. The van der Waals surface area contributed by atoms with E-state index < -0.39 is 23.6 Å². The third-order valence-corrected chi connectivity index (χ3v) is 6.40. The van der Waals surface area contributed by atoms with Crippen LogP contribution in [-0.4, -0.2) is 22.0 Å². The van der Waals surface area contributed by atoms with Crippen LogP contribution < -0.4 is 5.32 Å². The molecule has 208 valence electrons. The lowest BCUT2D eigenvalue weighted by atomic mass is 9.98. The number of nitrogens with one attached hydrogen (secondary N) is 2. The summed E-state index contributed by atoms with van der Waals surface area (Å²) in [5.74, 6) is -1.53. The highest BCUT2D eigenvalue weighted by Gasteiger charge is 2.30. The molecule has 1 heterocycles. The maximum Gasteiger partial charge on any atom is 0.416 e. The largest absolute Gasteiger partial charge is 0.674 e. The van der Waals surface area contributed by atoms with Gasteiger partial charge in [0.1, 0.15) is 0 Å². The highest BCUT2D eigenvalue weighted by atomic mass is 35.5. The lowest BCUT2D eigenvalue weighted by Crippen LogP contribution is -2.13. The number of carboxylic acids is 1. The molecule has 0 aliphatic heterocycles. The van der Waals surface area contributed by atoms with Crippen molar-refractivity contribution in [1.29, 1.82) is 0 Å². The number of nitrogens with zero attached hydrogens (tertiary/aromatic N) is 1. The smallest absolute Gasteiger partial charge is 0.416 e. The van der Waals surface area contributed by atoms with Crippen LogP contribution in [0.1, 0.15) is 31.8 Å². The maximum atomic E-state index is 12.9. The molecule has 0 spiro atoms. The third-order valence-electron chi connectivity index (χ3n) is 6.03. The first-order valence-corrected chi connectivity index (χ1v) is 12.5. The first-order chi connectivity index (χ1) is 19.6. The number of alkyl halides is 3. The fourth-order valence-electron chi connectivity index (χ4n) is 3.93. The molecular formula is C31H22ClF3N3O3-. The van der Waals surface area contributed by atoms with E-state index in [1.807, 2.05) is 18.2 Å². The second-order valence-electron chi connectivity index (χ2n) is 8.78. The summed E-state index contributed by atoms with van der Waals surface area (Å²) in [6.45, 7) is 0.264. The van der Waals surface area contributed by atoms with Crippen molar-refractivity contribution >= 4 is 40.1 Å². The number of anilines is 1. The summed E-state index contributed by atoms with van der Waals surface area (Å²) in [4.78, 5) is 28.1. The van der Waals surface area contributed by atoms with Crippen molar-refractivity contribution in [2.45, 2.75) is 12.7 Å². The Morgan fingerprint density at radius 3 is 2.22 bits per heavy atom. The molecule has 0 atom stereocenters. The second-order valence-corrected chi connectivity index (χ2v) is 9.19. The fourth-order valence-corrected chi connectivity index (χ4v) is 4.13. The van der Waals surface area contributed by atoms with E-state index in [9.17, 15) is 22.8 Å². The van der Waals surface area contributed by atoms with Gasteiger partial charge in [0.15, 0.2) is 0 Å². The number of pyridine rings is 1. The molecule has 3 N–H and O–H groups in total. The van der Waals surface area contributed by atoms with Crippen LogP contribution in [0.25, 0.3) is 27.8 Å². The predicted molar refractivity (Wildman–Crippen MR) is 153 cm³/mol. The highest BCUT2D eigenvalue weighted by molar-refractivity contribution is 6.31. The molecule has 0 aliphatic carbocycles. The minimum atomic E-state index is -4.44. The number of benzene rings is 4. The Balaban J connectivity index is 0.000000367. The van der Waals surface area contributed by atoms with E-state index in [2.05, 4.69) is 10.3 Å². The Labute approximate surface area is 238 Å². The van der Waals surface area contributed by atoms with Crippen LogP contribution in [0, 0.1) is 0 Å². The van der Waals surface area contributed by atoms with Crippen molar-refractivity contribution in [3.05, 3.63) is 136 Å². The van der Waals surface area contributed by atoms with Crippen LogP contribution >= 0.6 is 11.6 Å². The van der Waals surface area contributed by atoms with E-state index in [-0.39, 0.29) is 12.1 Å². The van der Waals surface area contributed by atoms with Crippen molar-refractivity contribution in [3.8, 4) is 11.1 Å². The summed E-state index contributed by atoms with van der Waals surface area (Å²) >= 11 is 5.70. The Bertz CT molecular complexity index is 1710. The monoisotopic (exact) mass is 576 g/mol. The van der Waals surface area contributed by atoms with E-state index in [1.165, 1.54) is 24.4 Å². The predicted octanol–water partition coefficient (Wildman–Crippen LogP) is 8.76. The minimum Gasteiger partial charge on any atom is -0.674 e. The number of aromatic nitrogens is 1. The van der Waals surface area contributed by atoms with Gasteiger partial charge in [0.05, 0.1) is 16.6 Å². The SMILES string of the molecule is O=C(O)c1cnc2cc(NC(=O)c3ccccc3-c3ccc(C(F)(F)F)cc3)ccc2c1.[NH-]Cc1ccccc1Cl. The third kappa shape index (κ3) is 7.27. The molecule has 0 radical (unpaired) electrons. The number of aromatic carboxylic acids is 1. The second kappa shape index (κ2) is 12.6. The number of carbonyl (C=O) groups excluding carboxylic acids is 1. The van der Waals surface area contributed by atoms with Crippen molar-refractivity contribution in [1.82, 2.24) is 4.98 Å². The number of rotatable bonds is 5. The van der Waals surface area contributed by atoms with E-state index >= 15 is 0 Å². The lowest BCUT2D eigenvalue weighted by Gasteiger charge is -2.12. The van der Waals surface area contributed by atoms with Gasteiger partial charge in [-0.05, 0) is 53.6 Å². The zero-order valence-corrected chi connectivity index (χ0v) is 22.0. The molecule has 5 rings (SSSR count). The fraction of sp³-hybridized carbons (Fsp3) is 0.0645. The van der Waals surface area contributed by atoms with Crippen molar-refractivity contribution < 1.29 is 27.9 Å². The van der Waals surface area contributed by atoms with Crippen LogP contribution in [0.15, 0.2) is 103 Å². The van der Waals surface area contributed by atoms with Gasteiger partial charge in [-0.2, -0.15) is 13.2 Å². The summed E-state index contributed by atoms with van der Waals surface area (Å²) in [5.41, 5.74) is 9.39. The Kier molecular flexibility index (Phi) is 9.01. The molecule has 10 heteroatoms. The van der Waals surface area contributed by atoms with Gasteiger partial charge in [-0.1, -0.05) is 71.8 Å². The van der Waals surface area contributed by atoms with E-state index in [1.54, 1.807) is 48.5 Å². The van der Waals surface area contributed by atoms with Gasteiger partial charge in [-0.15, -0.1) is 6.54 Å². The van der Waals surface area contributed by atoms with Crippen LogP contribution in [0.2, 0.25) is 5.02 Å². The van der Waals surface area contributed by atoms with E-state index in [4.69, 9.17) is 22.4 Å². The van der Waals surface area contributed by atoms with Crippen LogP contribution in [0.5, 0.6) is 0 Å². The number of hydrogen-bond donors (Lipinski definition) is 2. The lowest BCUT2D eigenvalue weighted by molar-refractivity contribution is -0.137.